The second-order valence-electron chi connectivity index (χ2n) is 23.6. The van der Waals surface area contributed by atoms with E-state index >= 15 is 0 Å². The Balaban J connectivity index is 0.000000216. The van der Waals surface area contributed by atoms with Crippen LogP contribution in [0.25, 0.3) is 43.9 Å². The van der Waals surface area contributed by atoms with Gasteiger partial charge in [-0.3, -0.25) is 27.8 Å². The Morgan fingerprint density at radius 3 is 2.12 bits per heavy atom. The van der Waals surface area contributed by atoms with Gasteiger partial charge in [0, 0.05) is 24.9 Å². The topological polar surface area (TPSA) is 377 Å². The predicted molar refractivity (Wildman–Crippen MR) is 354 cm³/mol. The van der Waals surface area contributed by atoms with Crippen LogP contribution in [0.4, 0.5) is 29.5 Å². The van der Waals surface area contributed by atoms with E-state index in [4.69, 9.17) is 46.5 Å². The van der Waals surface area contributed by atoms with Gasteiger partial charge in [-0.15, -0.1) is 6.58 Å². The molecule has 2 fully saturated rings. The maximum Gasteiger partial charge on any atom is 0.459 e. The van der Waals surface area contributed by atoms with Gasteiger partial charge in [-0.1, -0.05) is 91.5 Å². The average molecular weight is 1440 g/mol. The summed E-state index contributed by atoms with van der Waals surface area (Å²) in [4.78, 5) is 51.6. The van der Waals surface area contributed by atoms with E-state index in [1.54, 1.807) is 93.0 Å². The lowest BCUT2D eigenvalue weighted by atomic mass is 9.96. The number of halogens is 4. The second kappa shape index (κ2) is 30.6. The molecule has 7 heterocycles. The molecule has 0 amide bonds. The highest BCUT2D eigenvalue weighted by Gasteiger charge is 2.56. The molecule has 4 aromatic heterocycles. The molecule has 0 radical (unpaired) electrons. The van der Waals surface area contributed by atoms with Crippen molar-refractivity contribution >= 4 is 83.2 Å². The zero-order valence-electron chi connectivity index (χ0n) is 54.7. The summed E-state index contributed by atoms with van der Waals surface area (Å²) in [5.74, 6) is -8.61. The molecule has 30 nitrogen and oxygen atoms in total. The minimum Gasteiger partial charge on any atom is -0.476 e. The van der Waals surface area contributed by atoms with Crippen molar-refractivity contribution in [3.05, 3.63) is 135 Å². The number of hydrogen-bond donors (Lipinski definition) is 8. The Hall–Kier alpha value is -8.76. The third kappa shape index (κ3) is 16.7. The molecule has 536 valence electrons. The van der Waals surface area contributed by atoms with Crippen LogP contribution >= 0.6 is 15.5 Å². The van der Waals surface area contributed by atoms with Gasteiger partial charge >= 0.3 is 27.4 Å². The Labute approximate surface area is 568 Å². The molecule has 8 aromatic rings. The lowest BCUT2D eigenvalue weighted by Gasteiger charge is -2.27. The van der Waals surface area contributed by atoms with Crippen molar-refractivity contribution in [3.8, 4) is 23.3 Å². The molecule has 0 aliphatic carbocycles. The van der Waals surface area contributed by atoms with E-state index < -0.39 is 126 Å². The summed E-state index contributed by atoms with van der Waals surface area (Å²) in [6.07, 6.45) is -1.42. The number of fused-ring (bicyclic) bond motifs is 6. The Morgan fingerprint density at radius 2 is 1.46 bits per heavy atom. The first-order valence-corrected chi connectivity index (χ1v) is 34.2. The van der Waals surface area contributed by atoms with E-state index in [0.29, 0.717) is 29.3 Å². The van der Waals surface area contributed by atoms with Gasteiger partial charge in [0.15, 0.2) is 48.0 Å². The van der Waals surface area contributed by atoms with Crippen LogP contribution in [0.2, 0.25) is 0 Å². The molecule has 2 saturated heterocycles. The Kier molecular flexibility index (Phi) is 22.6. The van der Waals surface area contributed by atoms with Gasteiger partial charge in [0.05, 0.1) is 39.1 Å². The number of esters is 2. The number of aromatic nitrogens is 8. The van der Waals surface area contributed by atoms with Crippen molar-refractivity contribution in [2.45, 2.75) is 113 Å². The van der Waals surface area contributed by atoms with Gasteiger partial charge in [-0.2, -0.15) is 47.7 Å². The zero-order chi connectivity index (χ0) is 72.0. The third-order valence-corrected chi connectivity index (χ3v) is 19.2. The molecule has 4 aromatic carbocycles. The average Bonchev–Trinajstić information content (AvgIpc) is 1.60. The smallest absolute Gasteiger partial charge is 0.459 e. The number of carbonyl (C=O) groups excluding carboxylic acids is 2. The molecule has 3 aliphatic heterocycles. The van der Waals surface area contributed by atoms with Crippen LogP contribution in [0.1, 0.15) is 53.0 Å². The van der Waals surface area contributed by atoms with E-state index in [2.05, 4.69) is 63.9 Å². The van der Waals surface area contributed by atoms with Gasteiger partial charge in [0.1, 0.15) is 59.2 Å². The van der Waals surface area contributed by atoms with Crippen molar-refractivity contribution in [1.29, 1.82) is 0 Å². The van der Waals surface area contributed by atoms with E-state index in [1.807, 2.05) is 0 Å². The Bertz CT molecular complexity index is 4410. The summed E-state index contributed by atoms with van der Waals surface area (Å²) in [7, 11) is -5.99. The largest absolute Gasteiger partial charge is 0.476 e. The summed E-state index contributed by atoms with van der Waals surface area (Å²) < 4.78 is 145. The fraction of sp³-hybridized carbons (Fsp3) is 0.406. The number of cyclic esters (lactones) is 1. The SMILES string of the molecule is C=CCCOc1nc(NC)nc2c1ncn2C1OC(COP(=O)(N[C@@H](C)C(=O)OCC(F)(F)C=C)Oc2cccc3ccccc23)[C@@H](O)[C@@]1(C)O.CNc1nc2c3ncn(c3n1)C1OC(COP(=O)(Oc3cccc4ccccc34)N[C@@H](C)C(=O)OCC(F)(F)C=CCCO2)[C@@H](O)[C@@]1(C)O. The number of benzene rings is 4. The van der Waals surface area contributed by atoms with Gasteiger partial charge in [-0.05, 0) is 75.6 Å². The molecule has 11 rings (SSSR count). The zero-order valence-corrected chi connectivity index (χ0v) is 56.5. The van der Waals surface area contributed by atoms with E-state index in [-0.39, 0.29) is 77.1 Å². The summed E-state index contributed by atoms with van der Waals surface area (Å²) >= 11 is 0. The Morgan fingerprint density at radius 1 is 0.860 bits per heavy atom. The highest BCUT2D eigenvalue weighted by atomic mass is 31.2. The number of rotatable bonds is 20. The number of nitrogens with zero attached hydrogens (tertiary/aromatic N) is 8. The van der Waals surface area contributed by atoms with Crippen LogP contribution < -0.4 is 39.3 Å². The molecule has 12 atom stereocenters. The quantitative estimate of drug-likeness (QED) is 0.0117. The molecule has 0 spiro atoms. The molecular weight excluding hydrogens is 1360 g/mol. The standard InChI is InChI=1S/C33H39F2N6O9P.C31H35F2N6O9P/c1-6-8-16-46-28-25-27(38-31(36-5)39-28)41(19-37-25)30-32(4,44)26(42)24(49-30)17-48-51(45,40-20(3)29(43)47-18-33(34,35)7-2)50-23-15-11-13-21-12-9-10-14-22(21)23;1-18-27(41)45-16-31(32,33)13-6-7-14-44-26-23-25(36-29(34-3)37-26)39(17-35-23)28-30(2,42)24(40)22(47-28)15-46-49(43,38-18)48-21-12-8-10-19-9-4-5-11-20(19)21/h6-7,9-15,19-20,24,26,30,42,44H,1-2,8,16-18H2,3-5H3,(H,40,45)(H,36,38,39);4-6,8-13,17-18,22,24,28,40,42H,7,14-16H2,1-3H3,(H,38,43)(H,34,36,37)/t20-,24?,26+,30?,32+,51?;18-,22?,24+,28?,30+,49?/m00/s1. The summed E-state index contributed by atoms with van der Waals surface area (Å²) in [5.41, 5.74) is -3.12. The first kappa shape index (κ1) is 73.9. The van der Waals surface area contributed by atoms with Gasteiger partial charge in [0.2, 0.25) is 23.7 Å². The second-order valence-corrected chi connectivity index (χ2v) is 27.0. The normalized spacial score (nSPS) is 25.9. The molecule has 6 unspecified atom stereocenters. The predicted octanol–water partition coefficient (Wildman–Crippen LogP) is 8.26. The van der Waals surface area contributed by atoms with E-state index in [1.165, 1.54) is 67.7 Å². The maximum absolute atomic E-state index is 14.6. The number of anilines is 2. The van der Waals surface area contributed by atoms with Crippen LogP contribution in [0.5, 0.6) is 23.3 Å². The van der Waals surface area contributed by atoms with Crippen molar-refractivity contribution in [3.63, 3.8) is 0 Å². The fourth-order valence-corrected chi connectivity index (χ4v) is 13.7. The van der Waals surface area contributed by atoms with Gasteiger partial charge in [-0.25, -0.2) is 19.1 Å². The van der Waals surface area contributed by atoms with Crippen LogP contribution in [-0.2, 0) is 46.7 Å². The number of hydrogen-bond acceptors (Lipinski definition) is 26. The number of imidazole rings is 2. The first-order valence-electron chi connectivity index (χ1n) is 31.1. The monoisotopic (exact) mass is 1440 g/mol. The molecule has 36 heteroatoms. The lowest BCUT2D eigenvalue weighted by Crippen LogP contribution is -2.44. The van der Waals surface area contributed by atoms with Crippen LogP contribution in [0, 0.1) is 0 Å². The number of aliphatic hydroxyl groups excluding tert-OH is 2. The number of nitrogens with one attached hydrogen (secondary N) is 4. The van der Waals surface area contributed by atoms with Gasteiger partial charge in [0.25, 0.3) is 11.8 Å². The molecule has 100 heavy (non-hydrogen) atoms. The van der Waals surface area contributed by atoms with Crippen molar-refractivity contribution in [1.82, 2.24) is 49.2 Å². The summed E-state index contributed by atoms with van der Waals surface area (Å²) in [6, 6.07) is 21.2. The third-order valence-electron chi connectivity index (χ3n) is 16.0. The van der Waals surface area contributed by atoms with Crippen LogP contribution in [0.3, 0.4) is 0 Å². The lowest BCUT2D eigenvalue weighted by molar-refractivity contribution is -0.153. The molecular formula is C64H74F4N12O18P2. The summed E-state index contributed by atoms with van der Waals surface area (Å²) in [5, 5.41) is 58.6. The first-order chi connectivity index (χ1) is 47.5. The molecule has 8 N–H and O–H groups in total. The minimum absolute atomic E-state index is 0.0257. The molecule has 0 saturated carbocycles. The molecule has 6 bridgehead atoms. The summed E-state index contributed by atoms with van der Waals surface area (Å²) in [6.45, 7) is 8.18. The highest BCUT2D eigenvalue weighted by Crippen LogP contribution is 2.51. The van der Waals surface area contributed by atoms with Crippen LogP contribution in [-0.4, -0.2) is 185 Å². The van der Waals surface area contributed by atoms with Crippen molar-refractivity contribution in [2.24, 2.45) is 0 Å². The highest BCUT2D eigenvalue weighted by molar-refractivity contribution is 7.52. The van der Waals surface area contributed by atoms with E-state index in [0.717, 1.165) is 10.8 Å². The van der Waals surface area contributed by atoms with Gasteiger partial charge < -0.3 is 68.5 Å². The number of aliphatic hydroxyl groups is 4. The molecule has 3 aliphatic rings. The number of carbonyl (C=O) groups is 2. The number of ether oxygens (including phenoxy) is 6. The van der Waals surface area contributed by atoms with Crippen molar-refractivity contribution < 1.29 is 103 Å². The van der Waals surface area contributed by atoms with Crippen molar-refractivity contribution in [2.75, 3.05) is 64.4 Å². The van der Waals surface area contributed by atoms with E-state index in [9.17, 15) is 56.7 Å². The van der Waals surface area contributed by atoms with Crippen LogP contribution in [0.15, 0.2) is 135 Å². The minimum atomic E-state index is -4.60. The number of alkyl halides is 4. The fourth-order valence-electron chi connectivity index (χ4n) is 10.6. The maximum atomic E-state index is 14.6.